The SMILES string of the molecule is NC(=O)[C@H](CCCN/C(N)=N/[N+](=O)[O-])NC(=O)[C@@H](CCCN=C(N)N)NC(=O)[C@H](CCCN/C(N)=N/[N+](=O)[O-])NC(=O)[C@@H](CCCN=C(N)N)NC(=O)[C@H](CCCN/C(N)=N/[N+](=O)[O-])NC(=O)[C@@H](CCCN=C(N)N)NC(=O)c1ccc(-c2cc3nc(c2)Cn2nncc2-c2cccc(n2)CN2CCN(CC(=O)O)CCN(CCN(CC(=O)O)CC2)C3)cc1.[Lu]. The predicted molar refractivity (Wildman–Crippen MR) is 448 cm³/mol. The molecule has 0 unspecified atom stereocenters. The van der Waals surface area contributed by atoms with Gasteiger partial charge in [0.15, 0.2) is 33.0 Å². The smallest absolute Gasteiger partial charge is 0.317 e. The Morgan fingerprint density at radius 1 is 0.440 bits per heavy atom. The number of aromatic nitrogens is 5. The van der Waals surface area contributed by atoms with Crippen LogP contribution in [0.4, 0.5) is 0 Å². The number of carbonyl (C=O) groups excluding carboxylic acids is 7. The van der Waals surface area contributed by atoms with Gasteiger partial charge < -0.3 is 115 Å². The van der Waals surface area contributed by atoms with Crippen LogP contribution in [-0.4, -0.2) is 300 Å². The van der Waals surface area contributed by atoms with Crippen LogP contribution in [0.3, 0.4) is 0 Å². The summed E-state index contributed by atoms with van der Waals surface area (Å²) in [6.07, 6.45) is -0.205. The van der Waals surface area contributed by atoms with Gasteiger partial charge in [0.1, 0.15) is 57.2 Å². The molecule has 6 atom stereocenters. The molecule has 3 aromatic heterocycles. The van der Waals surface area contributed by atoms with Crippen molar-refractivity contribution in [2.75, 3.05) is 105 Å². The van der Waals surface area contributed by atoms with E-state index in [2.05, 4.69) is 98.2 Å². The van der Waals surface area contributed by atoms with E-state index in [1.165, 1.54) is 12.1 Å². The fourth-order valence-electron chi connectivity index (χ4n) is 13.0. The van der Waals surface area contributed by atoms with Gasteiger partial charge in [0.05, 0.1) is 48.6 Å². The van der Waals surface area contributed by atoms with Crippen molar-refractivity contribution < 1.29 is 105 Å². The second-order valence-electron chi connectivity index (χ2n) is 28.6. The Kier molecular flexibility index (Phi) is 43.9. The van der Waals surface area contributed by atoms with Crippen LogP contribution in [0.15, 0.2) is 91.1 Å². The molecule has 0 spiro atoms. The average Bonchev–Trinajstić information content (AvgIpc) is 1.80. The molecule has 125 heavy (non-hydrogen) atoms. The number of hydrogen-bond acceptors (Lipinski definition) is 26. The summed E-state index contributed by atoms with van der Waals surface area (Å²) in [6.45, 7) is 2.54. The molecule has 691 valence electrons. The number of hydrogen-bond donors (Lipinski definition) is 21. The number of primary amides is 1. The van der Waals surface area contributed by atoms with E-state index in [0.29, 0.717) is 98.5 Å². The molecule has 1 saturated heterocycles. The molecule has 1 aromatic carbocycles. The number of nitro groups is 3. The summed E-state index contributed by atoms with van der Waals surface area (Å²) in [6, 6.07) is 6.14. The predicted octanol–water partition coefficient (Wildman–Crippen LogP) is -8.35. The summed E-state index contributed by atoms with van der Waals surface area (Å²) in [4.78, 5) is 189. The zero-order valence-electron chi connectivity index (χ0n) is 68.3. The first-order valence-electron chi connectivity index (χ1n) is 39.3. The maximum absolute atomic E-state index is 15.1. The van der Waals surface area contributed by atoms with Crippen LogP contribution < -0.4 is 105 Å². The van der Waals surface area contributed by atoms with Crippen LogP contribution in [0.25, 0.3) is 22.5 Å². The molecule has 7 amide bonds. The second kappa shape index (κ2) is 53.6. The van der Waals surface area contributed by atoms with Gasteiger partial charge in [-0.25, -0.2) is 40.0 Å². The number of pyridine rings is 2. The summed E-state index contributed by atoms with van der Waals surface area (Å²) in [7, 11) is 0. The van der Waals surface area contributed by atoms with Gasteiger partial charge in [0.25, 0.3) is 23.8 Å². The number of hydrazone groups is 3. The van der Waals surface area contributed by atoms with E-state index < -0.39 is 123 Å². The molecule has 7 rings (SSSR count). The monoisotopic (exact) mass is 1910 g/mol. The number of rotatable bonds is 45. The minimum absolute atomic E-state index is 0. The van der Waals surface area contributed by atoms with Crippen molar-refractivity contribution >= 4 is 89.0 Å². The largest absolute Gasteiger partial charge is 0.480 e. The van der Waals surface area contributed by atoms with E-state index in [1.54, 1.807) is 23.0 Å². The van der Waals surface area contributed by atoms with Gasteiger partial charge in [-0.15, -0.1) is 5.10 Å². The number of nitrogens with two attached hydrogens (primary N) is 10. The number of guanidine groups is 6. The Hall–Kier alpha value is -13.2. The zero-order chi connectivity index (χ0) is 90.8. The third kappa shape index (κ3) is 39.2. The number of fused-ring (bicyclic) bond motifs is 8. The normalized spacial score (nSPS) is 16.0. The van der Waals surface area contributed by atoms with Gasteiger partial charge in [-0.05, 0) is 125 Å². The van der Waals surface area contributed by atoms with E-state index in [1.807, 2.05) is 40.1 Å². The molecule has 6 heterocycles. The number of carboxylic acids is 2. The number of benzene rings is 1. The van der Waals surface area contributed by atoms with Gasteiger partial charge in [-0.3, -0.25) is 82.7 Å². The van der Waals surface area contributed by atoms with E-state index >= 15 is 4.79 Å². The first-order valence-corrected chi connectivity index (χ1v) is 39.3. The standard InChI is InChI=1S/C70H109N37O17.Lu/c71-58(112)49(10-2-23-84-68(78)96-105(119)120)90-60(114)51(12-4-21-82-66(74)75)92-63(117)54(15-7-25-86-70(80)98-107(123)124)95-62(116)52(13-5-22-83-67(76)77)94-64(118)53(14-6-24-85-69(79)97-106(121)122)93-61(115)50(11-3-20-81-65(72)73)91-59(113)43-18-16-42(17-19-43)44-34-46-38-101-28-32-102(40-56(108)109)30-26-100(27-31-103(33-29-101)41-57(110)111)37-45-8-1-9-48(89-45)55-36-87-99-104(55)39-47(35-44)88-46;/h1,8-9,16-19,34-36,49-54H,2-7,10-15,20-33,37-41H2,(H2,71,112)(H,90,114)(H,91,113)(H,92,117)(H,93,115)(H,94,118)(H,95,116)(H,108,109)(H,110,111)(H4,72,73,81)(H4,74,75,82)(H4,76,77,83)(H3,78,84,96)(H3,79,85,97)(H3,80,86,98);/t49-,50+,51+,52+,53-,54-;/m0./s1. The Bertz CT molecular complexity index is 4470. The van der Waals surface area contributed by atoms with Gasteiger partial charge in [-0.1, -0.05) is 23.4 Å². The van der Waals surface area contributed by atoms with E-state index in [-0.39, 0.29) is 203 Å². The molecule has 31 N–H and O–H groups in total. The summed E-state index contributed by atoms with van der Waals surface area (Å²) in [5, 5.41) is 90.7. The van der Waals surface area contributed by atoms with Gasteiger partial charge in [0, 0.05) is 147 Å². The third-order valence-corrected chi connectivity index (χ3v) is 19.0. The molecular formula is C70H109LuN37O17. The van der Waals surface area contributed by atoms with Crippen molar-refractivity contribution in [1.29, 1.82) is 0 Å². The van der Waals surface area contributed by atoms with Crippen LogP contribution in [0, 0.1) is 67.2 Å². The molecule has 1 radical (unpaired) electrons. The minimum Gasteiger partial charge on any atom is -0.480 e. The Morgan fingerprint density at radius 3 is 1.18 bits per heavy atom. The summed E-state index contributed by atoms with van der Waals surface area (Å²) in [5.74, 6) is -11.8. The Morgan fingerprint density at radius 2 is 0.800 bits per heavy atom. The van der Waals surface area contributed by atoms with E-state index in [0.717, 1.165) is 0 Å². The fourth-order valence-corrected chi connectivity index (χ4v) is 13.0. The minimum atomic E-state index is -1.67. The molecule has 6 bridgehead atoms. The van der Waals surface area contributed by atoms with E-state index in [4.69, 9.17) is 67.3 Å². The number of aliphatic carboxylic acids is 2. The van der Waals surface area contributed by atoms with Crippen molar-refractivity contribution in [2.24, 2.45) is 87.6 Å². The van der Waals surface area contributed by atoms with Crippen molar-refractivity contribution in [3.63, 3.8) is 0 Å². The maximum atomic E-state index is 15.1. The molecule has 3 aliphatic heterocycles. The van der Waals surface area contributed by atoms with Crippen LogP contribution in [0.1, 0.15) is 104 Å². The number of nitrogens with zero attached hydrogens (tertiary/aromatic N) is 18. The molecule has 3 aliphatic rings. The molecule has 4 aromatic rings. The molecule has 54 nitrogen and oxygen atoms in total. The van der Waals surface area contributed by atoms with E-state index in [9.17, 15) is 78.9 Å². The number of carbonyl (C=O) groups is 9. The van der Waals surface area contributed by atoms with Gasteiger partial charge in [-0.2, -0.15) is 0 Å². The average molecular weight is 1920 g/mol. The Labute approximate surface area is 744 Å². The number of nitrogens with one attached hydrogen (secondary N) is 9. The van der Waals surface area contributed by atoms with Crippen LogP contribution in [-0.2, 0) is 58.0 Å². The van der Waals surface area contributed by atoms with Crippen molar-refractivity contribution in [1.82, 2.24) is 92.4 Å². The Balaban J connectivity index is 0.0000277. The van der Waals surface area contributed by atoms with Crippen molar-refractivity contribution in [3.8, 4) is 22.5 Å². The molecule has 0 saturated carbocycles. The molecule has 1 fully saturated rings. The summed E-state index contributed by atoms with van der Waals surface area (Å²) < 4.78 is 1.67. The molecular weight excluding hydrogens is 1810 g/mol. The summed E-state index contributed by atoms with van der Waals surface area (Å²) >= 11 is 0. The molecule has 0 aliphatic carbocycles. The third-order valence-electron chi connectivity index (χ3n) is 19.0. The zero-order valence-corrected chi connectivity index (χ0v) is 69.9. The van der Waals surface area contributed by atoms with Crippen LogP contribution >= 0.6 is 0 Å². The van der Waals surface area contributed by atoms with Crippen LogP contribution in [0.5, 0.6) is 0 Å². The van der Waals surface area contributed by atoms with Crippen LogP contribution in [0.2, 0.25) is 0 Å². The quantitative estimate of drug-likeness (QED) is 0.00642. The second-order valence-corrected chi connectivity index (χ2v) is 28.6. The number of amides is 7. The number of carboxylic acid groups (broad SMARTS) is 2. The van der Waals surface area contributed by atoms with Crippen molar-refractivity contribution in [3.05, 3.63) is 114 Å². The first kappa shape index (κ1) is 102. The number of aliphatic imine (C=N–C) groups is 3. The topological polar surface area (TPSA) is 836 Å². The first-order chi connectivity index (χ1) is 59.0. The van der Waals surface area contributed by atoms with Gasteiger partial charge in [0.2, 0.25) is 35.4 Å². The fraction of sp³-hybridized carbons (Fsp3) is 0.529. The van der Waals surface area contributed by atoms with Gasteiger partial charge >= 0.3 is 11.9 Å². The maximum Gasteiger partial charge on any atom is 0.317 e. The molecule has 55 heteroatoms. The summed E-state index contributed by atoms with van der Waals surface area (Å²) in [5.41, 5.74) is 60.4. The van der Waals surface area contributed by atoms with Crippen molar-refractivity contribution in [2.45, 2.75) is 133 Å².